The Labute approximate surface area is 192 Å². The molecule has 0 radical (unpaired) electrons. The molecule has 0 saturated heterocycles. The quantitative estimate of drug-likeness (QED) is 0.453. The first kappa shape index (κ1) is 25.9. The molecule has 3 aromatic rings. The van der Waals surface area contributed by atoms with Crippen LogP contribution in [0.4, 0.5) is 17.6 Å². The number of alkyl halides is 3. The number of halogens is 4. The van der Waals surface area contributed by atoms with Crippen molar-refractivity contribution >= 4 is 29.7 Å². The maximum atomic E-state index is 14.1. The van der Waals surface area contributed by atoms with Crippen LogP contribution in [0.1, 0.15) is 18.5 Å². The van der Waals surface area contributed by atoms with Gasteiger partial charge in [0.05, 0.1) is 11.2 Å². The topological polar surface area (TPSA) is 128 Å². The predicted molar refractivity (Wildman–Crippen MR) is 109 cm³/mol. The molecule has 0 fully saturated rings. The van der Waals surface area contributed by atoms with Crippen LogP contribution in [0.5, 0.6) is 0 Å². The molecule has 3 rings (SSSR count). The normalized spacial score (nSPS) is 14.1. The minimum atomic E-state index is -5.65. The number of sulfone groups is 2. The van der Waals surface area contributed by atoms with Gasteiger partial charge < -0.3 is 4.42 Å². The van der Waals surface area contributed by atoms with Crippen molar-refractivity contribution in [2.45, 2.75) is 38.3 Å². The molecule has 0 aliphatic rings. The van der Waals surface area contributed by atoms with Crippen molar-refractivity contribution in [1.29, 1.82) is 0 Å². The van der Waals surface area contributed by atoms with Gasteiger partial charge in [0, 0.05) is 6.04 Å². The third-order valence-electron chi connectivity index (χ3n) is 4.58. The van der Waals surface area contributed by atoms with E-state index in [1.165, 1.54) is 16.9 Å². The fraction of sp³-hybridized carbons (Fsp3) is 0.158. The average molecular weight is 542 g/mol. The molecule has 0 aliphatic heterocycles. The summed E-state index contributed by atoms with van der Waals surface area (Å²) in [5.41, 5.74) is -5.54. The van der Waals surface area contributed by atoms with Crippen LogP contribution in [0.25, 0.3) is 0 Å². The minimum absolute atomic E-state index is 0.00169. The van der Waals surface area contributed by atoms with Crippen LogP contribution < -0.4 is 4.72 Å². The second kappa shape index (κ2) is 8.79. The smallest absolute Gasteiger partial charge is 0.451 e. The Hall–Kier alpha value is -2.75. The molecule has 184 valence electrons. The van der Waals surface area contributed by atoms with Gasteiger partial charge in [-0.2, -0.15) is 13.2 Å². The molecule has 1 atom stereocenters. The molecule has 0 unspecified atom stereocenters. The minimum Gasteiger partial charge on any atom is -0.451 e. The zero-order chi connectivity index (χ0) is 25.5. The molecule has 0 spiro atoms. The summed E-state index contributed by atoms with van der Waals surface area (Å²) in [7, 11) is -14.9. The van der Waals surface area contributed by atoms with E-state index in [4.69, 9.17) is 4.42 Å². The molecule has 0 aliphatic carbocycles. The number of rotatable bonds is 7. The predicted octanol–water partition coefficient (Wildman–Crippen LogP) is 3.58. The van der Waals surface area contributed by atoms with Crippen molar-refractivity contribution in [1.82, 2.24) is 4.72 Å². The van der Waals surface area contributed by atoms with Gasteiger partial charge in [-0.1, -0.05) is 24.3 Å². The summed E-state index contributed by atoms with van der Waals surface area (Å²) < 4.78 is 132. The first-order valence-corrected chi connectivity index (χ1v) is 13.5. The lowest BCUT2D eigenvalue weighted by atomic mass is 10.1. The van der Waals surface area contributed by atoms with Gasteiger partial charge >= 0.3 is 15.5 Å². The number of hydrogen-bond donors (Lipinski definition) is 1. The van der Waals surface area contributed by atoms with Crippen molar-refractivity contribution in [3.63, 3.8) is 0 Å². The van der Waals surface area contributed by atoms with E-state index in [0.717, 1.165) is 55.7 Å². The van der Waals surface area contributed by atoms with Gasteiger partial charge in [0.15, 0.2) is 0 Å². The molecule has 8 nitrogen and oxygen atoms in total. The summed E-state index contributed by atoms with van der Waals surface area (Å²) in [4.78, 5) is -2.05. The molecule has 0 amide bonds. The van der Waals surface area contributed by atoms with Crippen LogP contribution in [-0.2, 0) is 29.7 Å². The van der Waals surface area contributed by atoms with Crippen molar-refractivity contribution in [3.05, 3.63) is 72.2 Å². The molecule has 0 saturated carbocycles. The van der Waals surface area contributed by atoms with Crippen LogP contribution >= 0.6 is 0 Å². The molecular weight excluding hydrogens is 526 g/mol. The highest BCUT2D eigenvalue weighted by atomic mass is 32.2. The van der Waals surface area contributed by atoms with E-state index < -0.39 is 66.8 Å². The molecule has 1 aromatic heterocycles. The molecule has 0 bridgehead atoms. The van der Waals surface area contributed by atoms with Gasteiger partial charge in [-0.15, -0.1) is 0 Å². The summed E-state index contributed by atoms with van der Waals surface area (Å²) in [6.07, 6.45) is 0.795. The highest BCUT2D eigenvalue weighted by Gasteiger charge is 2.46. The molecule has 1 N–H and O–H groups in total. The monoisotopic (exact) mass is 541 g/mol. The van der Waals surface area contributed by atoms with Crippen molar-refractivity contribution in [3.8, 4) is 0 Å². The Kier molecular flexibility index (Phi) is 6.69. The van der Waals surface area contributed by atoms with Crippen molar-refractivity contribution in [2.75, 3.05) is 0 Å². The van der Waals surface area contributed by atoms with E-state index in [1.807, 2.05) is 0 Å². The van der Waals surface area contributed by atoms with Crippen LogP contribution in [0.3, 0.4) is 0 Å². The third kappa shape index (κ3) is 4.73. The zero-order valence-electron chi connectivity index (χ0n) is 16.9. The number of sulfonamides is 1. The lowest BCUT2D eigenvalue weighted by molar-refractivity contribution is -0.0450. The van der Waals surface area contributed by atoms with Crippen LogP contribution in [0.2, 0.25) is 0 Å². The Bertz CT molecular complexity index is 1530. The Morgan fingerprint density at radius 3 is 1.97 bits per heavy atom. The van der Waals surface area contributed by atoms with Crippen molar-refractivity contribution < 1.29 is 47.2 Å². The summed E-state index contributed by atoms with van der Waals surface area (Å²) in [6, 6.07) is 7.80. The second-order valence-corrected chi connectivity index (χ2v) is 12.3. The Morgan fingerprint density at radius 2 is 1.41 bits per heavy atom. The van der Waals surface area contributed by atoms with Gasteiger partial charge in [0.2, 0.25) is 24.8 Å². The summed E-state index contributed by atoms with van der Waals surface area (Å²) >= 11 is 0. The fourth-order valence-electron chi connectivity index (χ4n) is 2.87. The largest absolute Gasteiger partial charge is 0.511 e. The Balaban J connectivity index is 1.97. The lowest BCUT2D eigenvalue weighted by Gasteiger charge is -2.16. The Morgan fingerprint density at radius 1 is 0.824 bits per heavy atom. The maximum absolute atomic E-state index is 14.1. The van der Waals surface area contributed by atoms with Gasteiger partial charge in [-0.3, -0.25) is 0 Å². The van der Waals surface area contributed by atoms with Crippen LogP contribution in [-0.4, -0.2) is 30.8 Å². The molecule has 34 heavy (non-hydrogen) atoms. The summed E-state index contributed by atoms with van der Waals surface area (Å²) in [5.74, 6) is -1.12. The molecule has 2 aromatic carbocycles. The molecule has 15 heteroatoms. The average Bonchev–Trinajstić information content (AvgIpc) is 3.25. The number of nitrogens with one attached hydrogen (secondary N) is 1. The van der Waals surface area contributed by atoms with E-state index in [2.05, 4.69) is 0 Å². The zero-order valence-corrected chi connectivity index (χ0v) is 19.4. The van der Waals surface area contributed by atoms with Crippen LogP contribution in [0.15, 0.2) is 85.1 Å². The molecule has 1 heterocycles. The lowest BCUT2D eigenvalue weighted by Crippen LogP contribution is -2.37. The van der Waals surface area contributed by atoms with E-state index in [9.17, 15) is 42.8 Å². The summed E-state index contributed by atoms with van der Waals surface area (Å²) in [6.45, 7) is 1.11. The first-order chi connectivity index (χ1) is 15.6. The fourth-order valence-corrected chi connectivity index (χ4v) is 6.81. The standard InChI is InChI=1S/C19H15F4NO7S3/c1-12(24-34(29,30)19(21,22)23)13-6-8-14(9-7-13)32(25,26)17-10-11-31-18(17)33(27,28)16-5-3-2-4-15(16)20/h2-12,24H,1H3/t12-/m0/s1. The van der Waals surface area contributed by atoms with E-state index in [-0.39, 0.29) is 5.56 Å². The number of benzene rings is 2. The van der Waals surface area contributed by atoms with Crippen LogP contribution in [0, 0.1) is 5.82 Å². The molecular formula is C19H15F4NO7S3. The first-order valence-electron chi connectivity index (χ1n) is 9.10. The SMILES string of the molecule is C[C@H](NS(=O)(=O)C(F)(F)F)c1ccc(S(=O)(=O)c2ccoc2S(=O)(=O)c2ccccc2F)cc1. The van der Waals surface area contributed by atoms with Crippen molar-refractivity contribution in [2.24, 2.45) is 0 Å². The maximum Gasteiger partial charge on any atom is 0.511 e. The van der Waals surface area contributed by atoms with Gasteiger partial charge in [-0.25, -0.2) is 34.4 Å². The summed E-state index contributed by atoms with van der Waals surface area (Å²) in [5, 5.41) is -1.02. The highest BCUT2D eigenvalue weighted by Crippen LogP contribution is 2.33. The highest BCUT2D eigenvalue weighted by molar-refractivity contribution is 7.94. The van der Waals surface area contributed by atoms with Gasteiger partial charge in [0.25, 0.3) is 0 Å². The third-order valence-corrected chi connectivity index (χ3v) is 9.49. The number of hydrogen-bond acceptors (Lipinski definition) is 7. The van der Waals surface area contributed by atoms with E-state index in [0.29, 0.717) is 0 Å². The van der Waals surface area contributed by atoms with Gasteiger partial charge in [-0.05, 0) is 42.8 Å². The van der Waals surface area contributed by atoms with E-state index in [1.54, 1.807) is 0 Å². The number of furan rings is 1. The van der Waals surface area contributed by atoms with Gasteiger partial charge in [0.1, 0.15) is 15.6 Å². The van der Waals surface area contributed by atoms with E-state index >= 15 is 0 Å². The second-order valence-electron chi connectivity index (χ2n) is 6.87.